The molecule has 128 heavy (non-hydrogen) atoms. The molecule has 8 N–H and O–H groups in total. The molecule has 0 radical (unpaired) electrons. The number of pyridine rings is 5. The van der Waals surface area contributed by atoms with Gasteiger partial charge in [0.25, 0.3) is 0 Å². The van der Waals surface area contributed by atoms with Crippen molar-refractivity contribution in [3.05, 3.63) is 137 Å². The first-order valence-corrected chi connectivity index (χ1v) is 47.7. The fourth-order valence-electron chi connectivity index (χ4n) is 12.0. The number of aryl methyl sites for hydroxylation is 5. The van der Waals surface area contributed by atoms with Gasteiger partial charge in [-0.3, -0.25) is 14.4 Å². The summed E-state index contributed by atoms with van der Waals surface area (Å²) in [4.78, 5) is 70.2. The predicted octanol–water partition coefficient (Wildman–Crippen LogP) is 14.0. The van der Waals surface area contributed by atoms with Gasteiger partial charge in [-0.1, -0.05) is 124 Å². The molecule has 1 aromatic carbocycles. The molecule has 11 rings (SSSR count). The maximum atomic E-state index is 12.4. The lowest BCUT2D eigenvalue weighted by Gasteiger charge is -2.25. The van der Waals surface area contributed by atoms with E-state index in [1.54, 1.807) is 30.7 Å². The average Bonchev–Trinajstić information content (AvgIpc) is 1.22. The molecular weight excluding hydrogens is 1910 g/mol. The van der Waals surface area contributed by atoms with Crippen molar-refractivity contribution >= 4 is 171 Å². The molecule has 0 unspecified atom stereocenters. The van der Waals surface area contributed by atoms with E-state index in [1.807, 2.05) is 38.1 Å². The van der Waals surface area contributed by atoms with Crippen LogP contribution in [0.3, 0.4) is 0 Å². The maximum Gasteiger partial charge on any atom is 0.534 e. The van der Waals surface area contributed by atoms with Crippen molar-refractivity contribution in [1.29, 1.82) is 36.8 Å². The summed E-state index contributed by atoms with van der Waals surface area (Å²) in [7, 11) is -15.1. The van der Waals surface area contributed by atoms with Gasteiger partial charge >= 0.3 is 46.7 Å². The SMILES string of the molecule is CCCc1cc(=O)[nH]c(S)c1C#N.CCCc1cc(=O)[nH]c(SCC#N)c1C#N.CCCc1cc(N2CCCN(C)CC2)nc2sc(C#N)c(N)c12.CCCc1cc(N2CCCN(C)CC2)nc2sc3c(N)ncnc3c12.CCCc1cc(OS(=O)(=O)C(F)(F)F)nc(SCC#N)c1C#N.N#CCBr.NC=O.O=S(=O)(N(c1ccccc1)S(=O)(=O)C(F)(F)F)C(F)(F)F. The number of sulfonamides is 2. The van der Waals surface area contributed by atoms with Crippen LogP contribution in [0.5, 0.6) is 5.88 Å². The summed E-state index contributed by atoms with van der Waals surface area (Å²) in [5.41, 5.74) is 3.62. The number of primary amides is 1. The number of halogens is 10. The van der Waals surface area contributed by atoms with Gasteiger partial charge < -0.3 is 51.0 Å². The molecular formula is C78H88BrF9N22O10S8. The van der Waals surface area contributed by atoms with Crippen LogP contribution in [-0.4, -0.2) is 176 Å². The Morgan fingerprint density at radius 2 is 1.02 bits per heavy atom. The number of nitrogens with zero attached hydrogens (tertiary/aromatic N) is 17. The lowest BCUT2D eigenvalue weighted by molar-refractivity contribution is -0.107. The number of aromatic nitrogens is 7. The first-order valence-electron chi connectivity index (χ1n) is 38.3. The molecule has 50 heteroatoms. The number of fused-ring (bicyclic) bond motifs is 4. The van der Waals surface area contributed by atoms with Crippen LogP contribution in [0.4, 0.5) is 68.3 Å². The molecule has 0 atom stereocenters. The second-order valence-electron chi connectivity index (χ2n) is 26.8. The molecule has 2 aliphatic rings. The molecule has 32 nitrogen and oxygen atoms in total. The van der Waals surface area contributed by atoms with Gasteiger partial charge in [0, 0.05) is 68.2 Å². The number of amides is 1. The highest BCUT2D eigenvalue weighted by Gasteiger charge is 2.62. The number of H-pyrrole nitrogens is 2. The van der Waals surface area contributed by atoms with Crippen LogP contribution in [0.25, 0.3) is 30.6 Å². The summed E-state index contributed by atoms with van der Waals surface area (Å²) < 4.78 is 182. The number of thioether (sulfide) groups is 2. The van der Waals surface area contributed by atoms with Crippen LogP contribution in [0.15, 0.2) is 91.7 Å². The highest BCUT2D eigenvalue weighted by atomic mass is 79.9. The highest BCUT2D eigenvalue weighted by Crippen LogP contribution is 2.42. The average molecular weight is 2000 g/mol. The molecule has 1 amide bonds. The van der Waals surface area contributed by atoms with E-state index < -0.39 is 62.0 Å². The third-order valence-electron chi connectivity index (χ3n) is 17.5. The molecule has 2 saturated heterocycles. The number of thiol groups is 1. The normalized spacial score (nSPS) is 13.0. The Kier molecular flexibility index (Phi) is 44.5. The molecule has 9 aromatic rings. The van der Waals surface area contributed by atoms with Gasteiger partial charge in [-0.2, -0.15) is 102 Å². The van der Waals surface area contributed by atoms with Crippen LogP contribution in [0.1, 0.15) is 129 Å². The van der Waals surface area contributed by atoms with E-state index >= 15 is 0 Å². The monoisotopic (exact) mass is 2000 g/mol. The minimum absolute atomic E-state index is 0.0487. The zero-order valence-corrected chi connectivity index (χ0v) is 77.9. The van der Waals surface area contributed by atoms with Crippen LogP contribution in [0, 0.1) is 79.3 Å². The zero-order valence-electron chi connectivity index (χ0n) is 69.7. The van der Waals surface area contributed by atoms with Crippen molar-refractivity contribution in [3.63, 3.8) is 0 Å². The number of carbonyl (C=O) groups is 1. The summed E-state index contributed by atoms with van der Waals surface area (Å²) in [6, 6.07) is 26.0. The molecule has 0 spiro atoms. The van der Waals surface area contributed by atoms with E-state index in [2.05, 4.69) is 135 Å². The molecule has 0 aliphatic carbocycles. The van der Waals surface area contributed by atoms with E-state index in [1.165, 1.54) is 52.8 Å². The second-order valence-corrected chi connectivity index (χ2v) is 37.1. The van der Waals surface area contributed by atoms with E-state index in [-0.39, 0.29) is 39.6 Å². The number of aromatic amines is 2. The maximum absolute atomic E-state index is 12.4. The van der Waals surface area contributed by atoms with Crippen molar-refractivity contribution < 1.29 is 73.7 Å². The minimum atomic E-state index is -6.81. The first-order chi connectivity index (χ1) is 60.4. The van der Waals surface area contributed by atoms with Crippen LogP contribution in [0.2, 0.25) is 0 Å². The lowest BCUT2D eigenvalue weighted by atomic mass is 10.1. The number of nitrogens with two attached hydrogens (primary N) is 3. The summed E-state index contributed by atoms with van der Waals surface area (Å²) in [6.07, 6.45) is 12.4. The van der Waals surface area contributed by atoms with Gasteiger partial charge in [-0.15, -0.1) is 39.0 Å². The third kappa shape index (κ3) is 30.7. The number of benzene rings is 1. The number of nitrogen functional groups attached to an aromatic ring is 2. The number of para-hydroxylation sites is 1. The number of nitriles is 7. The Balaban J connectivity index is 0.000000320. The quantitative estimate of drug-likeness (QED) is 0.00740. The van der Waals surface area contributed by atoms with E-state index in [0.29, 0.717) is 79.8 Å². The van der Waals surface area contributed by atoms with E-state index in [4.69, 9.17) is 57.8 Å². The van der Waals surface area contributed by atoms with Gasteiger partial charge in [-0.05, 0) is 124 Å². The largest absolute Gasteiger partial charge is 0.534 e. The number of alkyl halides is 10. The number of hydrogen-bond acceptors (Lipinski definition) is 33. The fraction of sp³-hybridized carbons (Fsp3) is 0.423. The van der Waals surface area contributed by atoms with Crippen molar-refractivity contribution in [2.75, 3.05) is 108 Å². The fourth-order valence-corrected chi connectivity index (χ4v) is 18.8. The Morgan fingerprint density at radius 3 is 1.47 bits per heavy atom. The number of likely N-dealkylation sites (N-methyl/N-ethyl adjacent to an activating group) is 2. The number of carbonyl (C=O) groups excluding carboxylic acids is 1. The number of hydrogen-bond donors (Lipinski definition) is 6. The van der Waals surface area contributed by atoms with E-state index in [9.17, 15) is 79.6 Å². The van der Waals surface area contributed by atoms with Crippen LogP contribution in [-0.2, 0) is 67.1 Å². The van der Waals surface area contributed by atoms with Crippen molar-refractivity contribution in [2.45, 2.75) is 143 Å². The number of anilines is 5. The lowest BCUT2D eigenvalue weighted by Crippen LogP contribution is -2.49. The Morgan fingerprint density at radius 1 is 0.578 bits per heavy atom. The Hall–Kier alpha value is -10.8. The second kappa shape index (κ2) is 52.0. The van der Waals surface area contributed by atoms with Gasteiger partial charge in [0.1, 0.15) is 67.6 Å². The summed E-state index contributed by atoms with van der Waals surface area (Å²) >= 11 is 11.9. The standard InChI is InChI=1S/C18H24N6S.C17H23N5S.C12H10F3N3O3S2.C11H11N3OS.C9H10N2OS.C8H5F6NO4S2.C2H2BrN.CH3NO/c1-3-5-12-10-13(24-7-4-6-23(2)8-9-24)22-18-14(12)15-16(25-18)17(19)21-11-20-15;1-3-5-12-10-14(22-7-4-6-21(2)8-9-22)20-17-15(12)16(19)13(11-18)23-17;1-2-3-8-6-10(21-23(19,20)12(13,14)15)18-11(9(8)7-17)22-5-4-16;1-2-3-8-6-10(15)14-11(9(8)7-13)16-5-4-12;1-2-3-6-4-8(12)11-9(13)7(6)5-10;9-7(10,11)20(16,17)15(6-4-2-1-3-5-6)21(18,19)8(12,13)14;3-1-2-4;2-1-3/h10-11H,3-9H2,1-2H3,(H2,19,20,21);10H,3-9,19H2,1-2H3;6H,2-3,5H2,1H3;6H,2-3,5H2,1H3,(H,14,15);4H,2-3H2,1H3,(H2,11,12,13);1-5H;1H2;1H,(H2,2,3). The molecule has 2 fully saturated rings. The molecule has 0 bridgehead atoms. The van der Waals surface area contributed by atoms with Crippen molar-refractivity contribution in [1.82, 2.24) is 44.7 Å². The smallest absolute Gasteiger partial charge is 0.396 e. The predicted molar refractivity (Wildman–Crippen MR) is 481 cm³/mol. The van der Waals surface area contributed by atoms with Crippen molar-refractivity contribution in [3.8, 4) is 48.4 Å². The van der Waals surface area contributed by atoms with Gasteiger partial charge in [0.15, 0.2) is 0 Å². The Bertz CT molecular complexity index is 6040. The van der Waals surface area contributed by atoms with E-state index in [0.717, 1.165) is 193 Å². The Labute approximate surface area is 763 Å². The summed E-state index contributed by atoms with van der Waals surface area (Å²) in [6.45, 7) is 18.7. The van der Waals surface area contributed by atoms with Gasteiger partial charge in [0.2, 0.25) is 23.4 Å². The molecule has 8 aromatic heterocycles. The molecule has 688 valence electrons. The molecule has 0 saturated carbocycles. The van der Waals surface area contributed by atoms with Crippen LogP contribution >= 0.6 is 74.8 Å². The third-order valence-corrected chi connectivity index (χ3v) is 26.5. The summed E-state index contributed by atoms with van der Waals surface area (Å²) in [5.74, 6) is 1.99. The van der Waals surface area contributed by atoms with Crippen LogP contribution < -0.4 is 46.0 Å². The number of rotatable bonds is 21. The molecule has 10 heterocycles. The first kappa shape index (κ1) is 110. The topological polar surface area (TPSA) is 520 Å². The number of nitrogens with one attached hydrogen (secondary N) is 2. The zero-order chi connectivity index (χ0) is 96.1. The van der Waals surface area contributed by atoms with Crippen molar-refractivity contribution in [2.24, 2.45) is 5.73 Å². The highest BCUT2D eigenvalue weighted by molar-refractivity contribution is 9.09. The minimum Gasteiger partial charge on any atom is -0.396 e. The molecule has 2 aliphatic heterocycles. The van der Waals surface area contributed by atoms with Gasteiger partial charge in [0.05, 0.1) is 83.4 Å². The summed E-state index contributed by atoms with van der Waals surface area (Å²) in [5, 5.41) is 64.3. The van der Waals surface area contributed by atoms with Gasteiger partial charge in [-0.25, -0.2) is 24.9 Å². The number of thiophene rings is 2.